The number of carboxylic acids is 1. The van der Waals surface area contributed by atoms with E-state index in [1.807, 2.05) is 36.4 Å². The number of benzene rings is 2. The Bertz CT molecular complexity index is 1230. The van der Waals surface area contributed by atoms with Crippen LogP contribution in [0.15, 0.2) is 60.7 Å². The van der Waals surface area contributed by atoms with Crippen LogP contribution in [0.25, 0.3) is 32.6 Å². The molecule has 2 aromatic heterocycles. The summed E-state index contributed by atoms with van der Waals surface area (Å²) in [5.74, 6) is -1.91. The highest BCUT2D eigenvalue weighted by atomic mass is 32.1. The Morgan fingerprint density at radius 3 is 2.34 bits per heavy atom. The number of aromatic carboxylic acids is 1. The first-order chi connectivity index (χ1) is 13.9. The second-order valence-electron chi connectivity index (χ2n) is 6.40. The minimum absolute atomic E-state index is 0.00345. The van der Waals surface area contributed by atoms with E-state index in [1.165, 1.54) is 19.1 Å². The van der Waals surface area contributed by atoms with Gasteiger partial charge in [0.15, 0.2) is 0 Å². The SMILES string of the molecule is CC(=O)Nc1c(C(=O)O)sc2nc(-c3ccccc3)cc(-c3ccc(F)cc3)c12. The number of halogens is 1. The number of rotatable bonds is 4. The summed E-state index contributed by atoms with van der Waals surface area (Å²) in [6, 6.07) is 17.2. The van der Waals surface area contributed by atoms with Crippen molar-refractivity contribution in [2.75, 3.05) is 5.32 Å². The van der Waals surface area contributed by atoms with Crippen molar-refractivity contribution < 1.29 is 19.1 Å². The van der Waals surface area contributed by atoms with Crippen LogP contribution in [0, 0.1) is 5.82 Å². The molecule has 0 aliphatic heterocycles. The summed E-state index contributed by atoms with van der Waals surface area (Å²) >= 11 is 0.995. The number of nitrogens with zero attached hydrogens (tertiary/aromatic N) is 1. The van der Waals surface area contributed by atoms with Crippen molar-refractivity contribution >= 4 is 39.1 Å². The lowest BCUT2D eigenvalue weighted by atomic mass is 9.99. The number of pyridine rings is 1. The van der Waals surface area contributed by atoms with Gasteiger partial charge in [-0.3, -0.25) is 4.79 Å². The van der Waals surface area contributed by atoms with Gasteiger partial charge in [0, 0.05) is 17.9 Å². The van der Waals surface area contributed by atoms with E-state index in [-0.39, 0.29) is 22.3 Å². The van der Waals surface area contributed by atoms with Crippen molar-refractivity contribution in [1.29, 1.82) is 0 Å². The first-order valence-corrected chi connectivity index (χ1v) is 9.55. The Hall–Kier alpha value is -3.58. The van der Waals surface area contributed by atoms with Gasteiger partial charge in [-0.2, -0.15) is 0 Å². The molecular formula is C22H15FN2O3S. The molecule has 2 N–H and O–H groups in total. The zero-order valence-corrected chi connectivity index (χ0v) is 16.1. The number of anilines is 1. The van der Waals surface area contributed by atoms with Crippen molar-refractivity contribution in [3.05, 3.63) is 71.4 Å². The van der Waals surface area contributed by atoms with Crippen LogP contribution < -0.4 is 5.32 Å². The maximum atomic E-state index is 13.5. The fourth-order valence-corrected chi connectivity index (χ4v) is 4.15. The highest BCUT2D eigenvalue weighted by molar-refractivity contribution is 7.21. The van der Waals surface area contributed by atoms with Gasteiger partial charge in [-0.15, -0.1) is 11.3 Å². The molecule has 1 amide bonds. The Labute approximate surface area is 169 Å². The number of carbonyl (C=O) groups excluding carboxylic acids is 1. The molecule has 0 atom stereocenters. The number of aromatic nitrogens is 1. The zero-order valence-electron chi connectivity index (χ0n) is 15.3. The van der Waals surface area contributed by atoms with Crippen LogP contribution in [0.3, 0.4) is 0 Å². The van der Waals surface area contributed by atoms with Gasteiger partial charge >= 0.3 is 5.97 Å². The van der Waals surface area contributed by atoms with Crippen LogP contribution in [0.1, 0.15) is 16.6 Å². The lowest BCUT2D eigenvalue weighted by Gasteiger charge is -2.10. The molecule has 0 aliphatic carbocycles. The zero-order chi connectivity index (χ0) is 20.5. The van der Waals surface area contributed by atoms with Crippen molar-refractivity contribution in [3.63, 3.8) is 0 Å². The smallest absolute Gasteiger partial charge is 0.348 e. The first kappa shape index (κ1) is 18.8. The van der Waals surface area contributed by atoms with E-state index in [9.17, 15) is 19.1 Å². The lowest BCUT2D eigenvalue weighted by Crippen LogP contribution is -2.09. The van der Waals surface area contributed by atoms with Crippen LogP contribution in [0.2, 0.25) is 0 Å². The van der Waals surface area contributed by atoms with Gasteiger partial charge in [0.2, 0.25) is 5.91 Å². The predicted octanol–water partition coefficient (Wildman–Crippen LogP) is 5.43. The molecule has 0 fully saturated rings. The average Bonchev–Trinajstić information content (AvgIpc) is 3.07. The number of hydrogen-bond acceptors (Lipinski definition) is 4. The molecule has 2 heterocycles. The summed E-state index contributed by atoms with van der Waals surface area (Å²) in [5.41, 5.74) is 3.09. The first-order valence-electron chi connectivity index (χ1n) is 8.74. The van der Waals surface area contributed by atoms with Gasteiger partial charge in [0.1, 0.15) is 15.5 Å². The Kier molecular flexibility index (Phi) is 4.82. The monoisotopic (exact) mass is 406 g/mol. The molecule has 0 aliphatic rings. The van der Waals surface area contributed by atoms with E-state index in [0.29, 0.717) is 27.0 Å². The minimum atomic E-state index is -1.15. The minimum Gasteiger partial charge on any atom is -0.477 e. The van der Waals surface area contributed by atoms with Gasteiger partial charge in [0.25, 0.3) is 0 Å². The number of amides is 1. The fourth-order valence-electron chi connectivity index (χ4n) is 3.16. The number of carbonyl (C=O) groups is 2. The van der Waals surface area contributed by atoms with E-state index in [2.05, 4.69) is 10.3 Å². The van der Waals surface area contributed by atoms with Gasteiger partial charge in [0.05, 0.1) is 11.4 Å². The predicted molar refractivity (Wildman–Crippen MR) is 112 cm³/mol. The van der Waals surface area contributed by atoms with E-state index in [0.717, 1.165) is 16.9 Å². The normalized spacial score (nSPS) is 10.8. The van der Waals surface area contributed by atoms with Crippen LogP contribution in [0.5, 0.6) is 0 Å². The molecule has 0 bridgehead atoms. The highest BCUT2D eigenvalue weighted by Gasteiger charge is 2.23. The number of carboxylic acid groups (broad SMARTS) is 1. The number of thiophene rings is 1. The molecule has 0 saturated heterocycles. The molecule has 5 nitrogen and oxygen atoms in total. The summed E-state index contributed by atoms with van der Waals surface area (Å²) in [6.07, 6.45) is 0. The summed E-state index contributed by atoms with van der Waals surface area (Å²) < 4.78 is 13.5. The Balaban J connectivity index is 2.08. The lowest BCUT2D eigenvalue weighted by molar-refractivity contribution is -0.114. The quantitative estimate of drug-likeness (QED) is 0.474. The van der Waals surface area contributed by atoms with E-state index < -0.39 is 5.97 Å². The summed E-state index contributed by atoms with van der Waals surface area (Å²) in [7, 11) is 0. The van der Waals surface area contributed by atoms with Gasteiger partial charge < -0.3 is 10.4 Å². The molecule has 2 aromatic carbocycles. The molecule has 4 aromatic rings. The van der Waals surface area contributed by atoms with Crippen molar-refractivity contribution in [2.24, 2.45) is 0 Å². The fraction of sp³-hybridized carbons (Fsp3) is 0.0455. The maximum absolute atomic E-state index is 13.5. The molecule has 144 valence electrons. The summed E-state index contributed by atoms with van der Waals surface area (Å²) in [4.78, 5) is 28.7. The molecule has 0 unspecified atom stereocenters. The van der Waals surface area contributed by atoms with Crippen LogP contribution >= 0.6 is 11.3 Å². The molecule has 0 radical (unpaired) electrons. The van der Waals surface area contributed by atoms with Crippen LogP contribution in [-0.4, -0.2) is 22.0 Å². The number of fused-ring (bicyclic) bond motifs is 1. The summed E-state index contributed by atoms with van der Waals surface area (Å²) in [5, 5.41) is 12.8. The third kappa shape index (κ3) is 3.60. The molecular weight excluding hydrogens is 391 g/mol. The van der Waals surface area contributed by atoms with E-state index in [1.54, 1.807) is 12.1 Å². The van der Waals surface area contributed by atoms with Gasteiger partial charge in [-0.25, -0.2) is 14.2 Å². The maximum Gasteiger partial charge on any atom is 0.348 e. The highest BCUT2D eigenvalue weighted by Crippen LogP contribution is 2.42. The van der Waals surface area contributed by atoms with Gasteiger partial charge in [-0.05, 0) is 29.3 Å². The second kappa shape index (κ2) is 7.44. The van der Waals surface area contributed by atoms with Crippen molar-refractivity contribution in [1.82, 2.24) is 4.98 Å². The molecule has 0 spiro atoms. The molecule has 0 saturated carbocycles. The molecule has 7 heteroatoms. The standard InChI is InChI=1S/C22H15FN2O3S/c1-12(26)24-19-18-16(13-7-9-15(23)10-8-13)11-17(14-5-3-2-4-6-14)25-21(18)29-20(19)22(27)28/h2-11H,1H3,(H,24,26)(H,27,28). The second-order valence-corrected chi connectivity index (χ2v) is 7.40. The van der Waals surface area contributed by atoms with E-state index in [4.69, 9.17) is 0 Å². The molecule has 29 heavy (non-hydrogen) atoms. The summed E-state index contributed by atoms with van der Waals surface area (Å²) in [6.45, 7) is 1.32. The number of nitrogens with one attached hydrogen (secondary N) is 1. The van der Waals surface area contributed by atoms with Crippen molar-refractivity contribution in [2.45, 2.75) is 6.92 Å². The van der Waals surface area contributed by atoms with Crippen molar-refractivity contribution in [3.8, 4) is 22.4 Å². The Morgan fingerprint density at radius 1 is 1.03 bits per heavy atom. The van der Waals surface area contributed by atoms with Crippen LogP contribution in [-0.2, 0) is 4.79 Å². The average molecular weight is 406 g/mol. The third-order valence-corrected chi connectivity index (χ3v) is 5.45. The van der Waals surface area contributed by atoms with Gasteiger partial charge in [-0.1, -0.05) is 42.5 Å². The number of hydrogen-bond donors (Lipinski definition) is 2. The van der Waals surface area contributed by atoms with E-state index >= 15 is 0 Å². The molecule has 4 rings (SSSR count). The Morgan fingerprint density at radius 2 is 1.72 bits per heavy atom. The largest absolute Gasteiger partial charge is 0.477 e. The third-order valence-electron chi connectivity index (χ3n) is 4.38. The topological polar surface area (TPSA) is 79.3 Å². The van der Waals surface area contributed by atoms with Crippen LogP contribution in [0.4, 0.5) is 10.1 Å².